The van der Waals surface area contributed by atoms with Crippen LogP contribution in [-0.4, -0.2) is 5.91 Å². The lowest BCUT2D eigenvalue weighted by Gasteiger charge is -2.04. The zero-order valence-electron chi connectivity index (χ0n) is 9.04. The van der Waals surface area contributed by atoms with Gasteiger partial charge in [-0.15, -0.1) is 11.3 Å². The quantitative estimate of drug-likeness (QED) is 0.883. The van der Waals surface area contributed by atoms with Crippen molar-refractivity contribution in [3.8, 4) is 0 Å². The lowest BCUT2D eigenvalue weighted by Crippen LogP contribution is -2.22. The minimum absolute atomic E-state index is 0.290. The summed E-state index contributed by atoms with van der Waals surface area (Å²) in [6, 6.07) is 7.87. The molecule has 2 nitrogen and oxygen atoms in total. The Hall–Kier alpha value is -0.910. The van der Waals surface area contributed by atoms with Crippen LogP contribution in [0.2, 0.25) is 4.34 Å². The molecule has 2 rings (SSSR count). The first-order valence-corrected chi connectivity index (χ1v) is 7.02. The Balaban J connectivity index is 2.01. The molecule has 1 aromatic heterocycles. The highest BCUT2D eigenvalue weighted by Crippen LogP contribution is 2.21. The molecule has 94 valence electrons. The highest BCUT2D eigenvalue weighted by atomic mass is 79.9. The van der Waals surface area contributed by atoms with E-state index in [-0.39, 0.29) is 5.91 Å². The van der Waals surface area contributed by atoms with Crippen molar-refractivity contribution in [1.29, 1.82) is 0 Å². The van der Waals surface area contributed by atoms with Gasteiger partial charge < -0.3 is 5.32 Å². The Labute approximate surface area is 121 Å². The van der Waals surface area contributed by atoms with Crippen molar-refractivity contribution in [3.05, 3.63) is 55.4 Å². The van der Waals surface area contributed by atoms with E-state index in [4.69, 9.17) is 11.6 Å². The average Bonchev–Trinajstić information content (AvgIpc) is 2.75. The maximum atomic E-state index is 13.3. The topological polar surface area (TPSA) is 29.1 Å². The molecule has 0 saturated heterocycles. The maximum absolute atomic E-state index is 13.3. The van der Waals surface area contributed by atoms with Gasteiger partial charge >= 0.3 is 0 Å². The Morgan fingerprint density at radius 1 is 1.39 bits per heavy atom. The predicted octanol–water partition coefficient (Wildman–Crippen LogP) is 4.23. The maximum Gasteiger partial charge on any atom is 0.251 e. The van der Waals surface area contributed by atoms with Gasteiger partial charge in [-0.3, -0.25) is 4.79 Å². The number of hydrogen-bond acceptors (Lipinski definition) is 2. The number of carbonyl (C=O) groups is 1. The molecule has 0 bridgehead atoms. The molecule has 0 atom stereocenters. The number of halogens is 3. The molecular formula is C12H8BrClFNOS. The largest absolute Gasteiger partial charge is 0.347 e. The number of benzene rings is 1. The van der Waals surface area contributed by atoms with Crippen LogP contribution in [0.5, 0.6) is 0 Å². The van der Waals surface area contributed by atoms with Crippen molar-refractivity contribution in [2.24, 2.45) is 0 Å². The van der Waals surface area contributed by atoms with Gasteiger partial charge in [0.25, 0.3) is 5.91 Å². The van der Waals surface area contributed by atoms with Crippen LogP contribution in [0, 0.1) is 5.82 Å². The van der Waals surface area contributed by atoms with Crippen LogP contribution < -0.4 is 5.32 Å². The Bertz CT molecular complexity index is 587. The third-order valence-corrected chi connectivity index (χ3v) is 4.11. The molecule has 2 aromatic rings. The molecular weight excluding hydrogens is 341 g/mol. The van der Waals surface area contributed by atoms with Gasteiger partial charge in [0.05, 0.1) is 15.4 Å². The van der Waals surface area contributed by atoms with E-state index in [1.165, 1.54) is 23.5 Å². The molecule has 0 saturated carbocycles. The van der Waals surface area contributed by atoms with Gasteiger partial charge in [0.1, 0.15) is 5.82 Å². The van der Waals surface area contributed by atoms with Gasteiger partial charge in [0, 0.05) is 10.4 Å². The van der Waals surface area contributed by atoms with Crippen LogP contribution in [0.1, 0.15) is 15.2 Å². The SMILES string of the molecule is O=C(NCc1ccc(Cl)s1)c1ccc(Br)c(F)c1. The fourth-order valence-corrected chi connectivity index (χ4v) is 2.63. The third-order valence-electron chi connectivity index (χ3n) is 2.23. The summed E-state index contributed by atoms with van der Waals surface area (Å²) < 4.78 is 14.3. The van der Waals surface area contributed by atoms with Gasteiger partial charge in [-0.2, -0.15) is 0 Å². The number of nitrogens with one attached hydrogen (secondary N) is 1. The first-order chi connectivity index (χ1) is 8.56. The Kier molecular flexibility index (Phi) is 4.37. The van der Waals surface area contributed by atoms with Crippen LogP contribution >= 0.6 is 38.9 Å². The fourth-order valence-electron chi connectivity index (χ4n) is 1.35. The summed E-state index contributed by atoms with van der Waals surface area (Å²) in [6.07, 6.45) is 0. The predicted molar refractivity (Wildman–Crippen MR) is 74.6 cm³/mol. The van der Waals surface area contributed by atoms with Gasteiger partial charge in [0.2, 0.25) is 0 Å². The molecule has 0 unspecified atom stereocenters. The van der Waals surface area contributed by atoms with E-state index in [2.05, 4.69) is 21.2 Å². The van der Waals surface area contributed by atoms with E-state index in [1.54, 1.807) is 12.1 Å². The molecule has 1 heterocycles. The normalized spacial score (nSPS) is 10.4. The van der Waals surface area contributed by atoms with E-state index >= 15 is 0 Å². The van der Waals surface area contributed by atoms with Gasteiger partial charge in [0.15, 0.2) is 0 Å². The van der Waals surface area contributed by atoms with Crippen LogP contribution in [0.3, 0.4) is 0 Å². The molecule has 1 aromatic carbocycles. The monoisotopic (exact) mass is 347 g/mol. The van der Waals surface area contributed by atoms with Crippen molar-refractivity contribution >= 4 is 44.8 Å². The highest BCUT2D eigenvalue weighted by molar-refractivity contribution is 9.10. The minimum Gasteiger partial charge on any atom is -0.347 e. The zero-order chi connectivity index (χ0) is 13.1. The number of hydrogen-bond donors (Lipinski definition) is 1. The Morgan fingerprint density at radius 3 is 2.78 bits per heavy atom. The molecule has 18 heavy (non-hydrogen) atoms. The average molecular weight is 349 g/mol. The van der Waals surface area contributed by atoms with E-state index < -0.39 is 5.82 Å². The fraction of sp³-hybridized carbons (Fsp3) is 0.0833. The summed E-state index contributed by atoms with van der Waals surface area (Å²) in [6.45, 7) is 0.383. The lowest BCUT2D eigenvalue weighted by atomic mass is 10.2. The van der Waals surface area contributed by atoms with E-state index in [9.17, 15) is 9.18 Å². The number of carbonyl (C=O) groups excluding carboxylic acids is 1. The molecule has 1 N–H and O–H groups in total. The second kappa shape index (κ2) is 5.82. The van der Waals surface area contributed by atoms with Crippen molar-refractivity contribution in [1.82, 2.24) is 5.32 Å². The summed E-state index contributed by atoms with van der Waals surface area (Å²) in [5, 5.41) is 2.71. The summed E-state index contributed by atoms with van der Waals surface area (Å²) in [5.74, 6) is -0.771. The van der Waals surface area contributed by atoms with Crippen LogP contribution in [0.4, 0.5) is 4.39 Å². The summed E-state index contributed by atoms with van der Waals surface area (Å²) in [4.78, 5) is 12.7. The smallest absolute Gasteiger partial charge is 0.251 e. The standard InChI is InChI=1S/C12H8BrClFNOS/c13-9-3-1-7(5-10(9)15)12(17)16-6-8-2-4-11(14)18-8/h1-5H,6H2,(H,16,17). The molecule has 0 aliphatic heterocycles. The van der Waals surface area contributed by atoms with Crippen molar-refractivity contribution < 1.29 is 9.18 Å². The number of thiophene rings is 1. The van der Waals surface area contributed by atoms with Crippen molar-refractivity contribution in [2.45, 2.75) is 6.54 Å². The summed E-state index contributed by atoms with van der Waals surface area (Å²) in [7, 11) is 0. The van der Waals surface area contributed by atoms with Gasteiger partial charge in [-0.25, -0.2) is 4.39 Å². The lowest BCUT2D eigenvalue weighted by molar-refractivity contribution is 0.0951. The molecule has 0 fully saturated rings. The van der Waals surface area contributed by atoms with Crippen LogP contribution in [0.25, 0.3) is 0 Å². The minimum atomic E-state index is -0.457. The zero-order valence-corrected chi connectivity index (χ0v) is 12.2. The van der Waals surface area contributed by atoms with E-state index in [1.807, 2.05) is 6.07 Å². The summed E-state index contributed by atoms with van der Waals surface area (Å²) in [5.41, 5.74) is 0.290. The molecule has 1 amide bonds. The Morgan fingerprint density at radius 2 is 2.17 bits per heavy atom. The molecule has 0 aliphatic rings. The molecule has 0 radical (unpaired) electrons. The van der Waals surface area contributed by atoms with Crippen LogP contribution in [0.15, 0.2) is 34.8 Å². The van der Waals surface area contributed by atoms with Crippen molar-refractivity contribution in [2.75, 3.05) is 0 Å². The van der Waals surface area contributed by atoms with Gasteiger partial charge in [-0.1, -0.05) is 11.6 Å². The van der Waals surface area contributed by atoms with Gasteiger partial charge in [-0.05, 0) is 46.3 Å². The molecule has 6 heteroatoms. The first-order valence-electron chi connectivity index (χ1n) is 5.04. The second-order valence-electron chi connectivity index (χ2n) is 3.52. The van der Waals surface area contributed by atoms with Crippen LogP contribution in [-0.2, 0) is 6.54 Å². The van der Waals surface area contributed by atoms with E-state index in [0.717, 1.165) is 4.88 Å². The number of amides is 1. The molecule has 0 aliphatic carbocycles. The third kappa shape index (κ3) is 3.31. The van der Waals surface area contributed by atoms with E-state index in [0.29, 0.717) is 20.9 Å². The van der Waals surface area contributed by atoms with Crippen molar-refractivity contribution in [3.63, 3.8) is 0 Å². The number of rotatable bonds is 3. The molecule has 0 spiro atoms. The first kappa shape index (κ1) is 13.5. The second-order valence-corrected chi connectivity index (χ2v) is 6.17. The highest BCUT2D eigenvalue weighted by Gasteiger charge is 2.08. The summed E-state index contributed by atoms with van der Waals surface area (Å²) >= 11 is 10.2.